The van der Waals surface area contributed by atoms with E-state index in [1.54, 1.807) is 24.1 Å². The highest BCUT2D eigenvalue weighted by atomic mass is 16.5. The summed E-state index contributed by atoms with van der Waals surface area (Å²) in [5, 5.41) is 8.58. The predicted octanol–water partition coefficient (Wildman–Crippen LogP) is 1.45. The van der Waals surface area contributed by atoms with Crippen molar-refractivity contribution < 1.29 is 14.3 Å². The normalized spacial score (nSPS) is 9.68. The van der Waals surface area contributed by atoms with Crippen molar-refractivity contribution in [1.29, 1.82) is 5.26 Å². The van der Waals surface area contributed by atoms with Crippen molar-refractivity contribution >= 4 is 5.91 Å². The van der Waals surface area contributed by atoms with Crippen LogP contribution in [0.25, 0.3) is 0 Å². The second-order valence-electron chi connectivity index (χ2n) is 3.88. The minimum absolute atomic E-state index is 0.0286. The van der Waals surface area contributed by atoms with Gasteiger partial charge in [0.2, 0.25) is 0 Å². The molecule has 0 aliphatic heterocycles. The van der Waals surface area contributed by atoms with Gasteiger partial charge in [0.15, 0.2) is 6.61 Å². The van der Waals surface area contributed by atoms with Crippen LogP contribution in [0.3, 0.4) is 0 Å². The molecule has 1 aromatic carbocycles. The molecule has 0 aliphatic rings. The zero-order chi connectivity index (χ0) is 13.9. The molecule has 1 aromatic rings. The number of nitrogens with zero attached hydrogens (tertiary/aromatic N) is 2. The highest BCUT2D eigenvalue weighted by molar-refractivity contribution is 5.77. The molecule has 0 radical (unpaired) electrons. The van der Waals surface area contributed by atoms with Gasteiger partial charge in [-0.05, 0) is 12.1 Å². The third kappa shape index (κ3) is 5.89. The van der Waals surface area contributed by atoms with Gasteiger partial charge in [-0.2, -0.15) is 5.26 Å². The lowest BCUT2D eigenvalue weighted by molar-refractivity contribution is -0.133. The number of hydrogen-bond acceptors (Lipinski definition) is 4. The van der Waals surface area contributed by atoms with Gasteiger partial charge in [0.1, 0.15) is 5.75 Å². The third-order valence-corrected chi connectivity index (χ3v) is 2.52. The molecule has 5 heteroatoms. The summed E-state index contributed by atoms with van der Waals surface area (Å²) in [4.78, 5) is 13.5. The molecule has 0 unspecified atom stereocenters. The number of nitriles is 1. The number of carbonyl (C=O) groups excluding carboxylic acids is 1. The molecule has 0 atom stereocenters. The molecular formula is C14H18N2O3. The molecule has 19 heavy (non-hydrogen) atoms. The minimum Gasteiger partial charge on any atom is -0.484 e. The van der Waals surface area contributed by atoms with Gasteiger partial charge < -0.3 is 14.4 Å². The van der Waals surface area contributed by atoms with Gasteiger partial charge in [-0.15, -0.1) is 0 Å². The maximum absolute atomic E-state index is 12.0. The van der Waals surface area contributed by atoms with Crippen molar-refractivity contribution in [2.24, 2.45) is 0 Å². The smallest absolute Gasteiger partial charge is 0.260 e. The van der Waals surface area contributed by atoms with Gasteiger partial charge >= 0.3 is 0 Å². The maximum Gasteiger partial charge on any atom is 0.260 e. The first-order valence-corrected chi connectivity index (χ1v) is 6.09. The molecule has 0 saturated carbocycles. The first-order valence-electron chi connectivity index (χ1n) is 6.09. The Hall–Kier alpha value is -2.06. The molecule has 102 valence electrons. The maximum atomic E-state index is 12.0. The Bertz CT molecular complexity index is 414. The molecular weight excluding hydrogens is 244 g/mol. The molecule has 1 rings (SSSR count). The quantitative estimate of drug-likeness (QED) is 0.711. The average Bonchev–Trinajstić information content (AvgIpc) is 2.46. The zero-order valence-corrected chi connectivity index (χ0v) is 11.0. The number of carbonyl (C=O) groups is 1. The molecule has 0 fully saturated rings. The van der Waals surface area contributed by atoms with E-state index in [0.29, 0.717) is 31.9 Å². The summed E-state index contributed by atoms with van der Waals surface area (Å²) in [5.41, 5.74) is 0. The van der Waals surface area contributed by atoms with E-state index in [2.05, 4.69) is 0 Å². The Morgan fingerprint density at radius 2 is 2.05 bits per heavy atom. The molecule has 0 heterocycles. The van der Waals surface area contributed by atoms with Gasteiger partial charge in [0.25, 0.3) is 5.91 Å². The minimum atomic E-state index is -0.142. The van der Waals surface area contributed by atoms with Crippen molar-refractivity contribution in [3.05, 3.63) is 30.3 Å². The molecule has 0 aromatic heterocycles. The van der Waals surface area contributed by atoms with Crippen molar-refractivity contribution in [2.75, 3.05) is 33.4 Å². The average molecular weight is 262 g/mol. The summed E-state index contributed by atoms with van der Waals surface area (Å²) in [5.74, 6) is 0.513. The number of benzene rings is 1. The number of rotatable bonds is 8. The topological polar surface area (TPSA) is 62.6 Å². The lowest BCUT2D eigenvalue weighted by Crippen LogP contribution is -2.37. The fourth-order valence-corrected chi connectivity index (χ4v) is 1.50. The standard InChI is InChI=1S/C14H18N2O3/c1-18-11-10-16(9-5-8-15)14(17)12-19-13-6-3-2-4-7-13/h2-4,6-7H,5,9-12H2,1H3. The number of para-hydroxylation sites is 1. The fourth-order valence-electron chi connectivity index (χ4n) is 1.50. The Morgan fingerprint density at radius 3 is 2.68 bits per heavy atom. The van der Waals surface area contributed by atoms with E-state index in [9.17, 15) is 4.79 Å². The van der Waals surface area contributed by atoms with Crippen LogP contribution < -0.4 is 4.74 Å². The summed E-state index contributed by atoms with van der Waals surface area (Å²) in [6.45, 7) is 1.29. The summed E-state index contributed by atoms with van der Waals surface area (Å²) in [6, 6.07) is 11.2. The van der Waals surface area contributed by atoms with E-state index in [0.717, 1.165) is 0 Å². The first-order chi connectivity index (χ1) is 9.27. The second kappa shape index (κ2) is 8.95. The van der Waals surface area contributed by atoms with Crippen LogP contribution in [0.5, 0.6) is 5.75 Å². The SMILES string of the molecule is COCCN(CCC#N)C(=O)COc1ccccc1. The van der Waals surface area contributed by atoms with Gasteiger partial charge in [-0.25, -0.2) is 0 Å². The van der Waals surface area contributed by atoms with Crippen LogP contribution >= 0.6 is 0 Å². The molecule has 1 amide bonds. The lowest BCUT2D eigenvalue weighted by Gasteiger charge is -2.21. The predicted molar refractivity (Wildman–Crippen MR) is 70.6 cm³/mol. The van der Waals surface area contributed by atoms with Crippen molar-refractivity contribution in [2.45, 2.75) is 6.42 Å². The fraction of sp³-hybridized carbons (Fsp3) is 0.429. The molecule has 0 N–H and O–H groups in total. The Kier molecular flexibility index (Phi) is 7.06. The third-order valence-electron chi connectivity index (χ3n) is 2.52. The lowest BCUT2D eigenvalue weighted by atomic mass is 10.3. The molecule has 0 saturated heterocycles. The van der Waals surface area contributed by atoms with Gasteiger partial charge in [-0.1, -0.05) is 18.2 Å². The summed E-state index contributed by atoms with van der Waals surface area (Å²) in [6.07, 6.45) is 0.306. The van der Waals surface area contributed by atoms with Crippen LogP contribution in [0.2, 0.25) is 0 Å². The molecule has 0 bridgehead atoms. The monoisotopic (exact) mass is 262 g/mol. The van der Waals surface area contributed by atoms with Gasteiger partial charge in [0.05, 0.1) is 19.1 Å². The van der Waals surface area contributed by atoms with Crippen LogP contribution in [-0.4, -0.2) is 44.2 Å². The Balaban J connectivity index is 2.44. The van der Waals surface area contributed by atoms with Gasteiger partial charge in [0, 0.05) is 20.2 Å². The highest BCUT2D eigenvalue weighted by Gasteiger charge is 2.13. The second-order valence-corrected chi connectivity index (χ2v) is 3.88. The highest BCUT2D eigenvalue weighted by Crippen LogP contribution is 2.08. The van der Waals surface area contributed by atoms with E-state index in [1.165, 1.54) is 0 Å². The van der Waals surface area contributed by atoms with Crippen molar-refractivity contribution in [1.82, 2.24) is 4.90 Å². The molecule has 0 spiro atoms. The van der Waals surface area contributed by atoms with Crippen LogP contribution in [0.4, 0.5) is 0 Å². The van der Waals surface area contributed by atoms with E-state index >= 15 is 0 Å². The van der Waals surface area contributed by atoms with Crippen LogP contribution in [0.15, 0.2) is 30.3 Å². The number of ether oxygens (including phenoxy) is 2. The van der Waals surface area contributed by atoms with Crippen LogP contribution in [0, 0.1) is 11.3 Å². The van der Waals surface area contributed by atoms with E-state index < -0.39 is 0 Å². The van der Waals surface area contributed by atoms with Crippen LogP contribution in [-0.2, 0) is 9.53 Å². The van der Waals surface area contributed by atoms with E-state index in [1.807, 2.05) is 24.3 Å². The van der Waals surface area contributed by atoms with Crippen molar-refractivity contribution in [3.8, 4) is 11.8 Å². The summed E-state index contributed by atoms with van der Waals surface area (Å²) < 4.78 is 10.3. The zero-order valence-electron chi connectivity index (χ0n) is 11.0. The Labute approximate surface area is 113 Å². The summed E-state index contributed by atoms with van der Waals surface area (Å²) in [7, 11) is 1.58. The Morgan fingerprint density at radius 1 is 1.32 bits per heavy atom. The number of hydrogen-bond donors (Lipinski definition) is 0. The van der Waals surface area contributed by atoms with E-state index in [4.69, 9.17) is 14.7 Å². The van der Waals surface area contributed by atoms with Gasteiger partial charge in [-0.3, -0.25) is 4.79 Å². The summed E-state index contributed by atoms with van der Waals surface area (Å²) >= 11 is 0. The van der Waals surface area contributed by atoms with E-state index in [-0.39, 0.29) is 12.5 Å². The number of amides is 1. The number of methoxy groups -OCH3 is 1. The van der Waals surface area contributed by atoms with Crippen molar-refractivity contribution in [3.63, 3.8) is 0 Å². The first kappa shape index (κ1) is 15.0. The molecule has 5 nitrogen and oxygen atoms in total. The molecule has 0 aliphatic carbocycles. The van der Waals surface area contributed by atoms with Crippen LogP contribution in [0.1, 0.15) is 6.42 Å². The largest absolute Gasteiger partial charge is 0.484 e.